The van der Waals surface area contributed by atoms with E-state index in [0.29, 0.717) is 10.0 Å². The van der Waals surface area contributed by atoms with Crippen LogP contribution in [-0.2, 0) is 19.4 Å². The van der Waals surface area contributed by atoms with Gasteiger partial charge < -0.3 is 9.13 Å². The minimum absolute atomic E-state index is 0.545. The maximum Gasteiger partial charge on any atom is 0.0996 e. The summed E-state index contributed by atoms with van der Waals surface area (Å²) >= 11 is 12.1. The van der Waals surface area contributed by atoms with Crippen molar-refractivity contribution in [2.45, 2.75) is 32.2 Å². The average Bonchev–Trinajstić information content (AvgIpc) is 3.18. The fourth-order valence-corrected chi connectivity index (χ4v) is 3.37. The molecule has 0 radical (unpaired) electrons. The highest BCUT2D eigenvalue weighted by atomic mass is 35.5. The molecule has 0 unspecified atom stereocenters. The molecular formula is C17H16Cl2N4. The van der Waals surface area contributed by atoms with Crippen LogP contribution in [0.3, 0.4) is 0 Å². The number of fused-ring (bicyclic) bond motifs is 1. The molecule has 0 aliphatic heterocycles. The molecule has 0 fully saturated rings. The minimum atomic E-state index is 0.545. The standard InChI is InChI=1S/C17H16Cl2N4/c18-14-6-5-13(7-15(14)19)22-8-12(20-10-22)9-23-11-21-16-3-1-2-4-17(16)23/h5-8,10-11H,1-4,9H2. The van der Waals surface area contributed by atoms with Gasteiger partial charge in [-0.25, -0.2) is 9.97 Å². The Morgan fingerprint density at radius 3 is 2.74 bits per heavy atom. The first-order chi connectivity index (χ1) is 11.2. The van der Waals surface area contributed by atoms with E-state index in [-0.39, 0.29) is 0 Å². The highest BCUT2D eigenvalue weighted by Crippen LogP contribution is 2.25. The molecule has 0 atom stereocenters. The molecule has 1 aliphatic carbocycles. The van der Waals surface area contributed by atoms with Gasteiger partial charge in [-0.2, -0.15) is 0 Å². The van der Waals surface area contributed by atoms with Gasteiger partial charge in [0.15, 0.2) is 0 Å². The fraction of sp³-hybridized carbons (Fsp3) is 0.294. The van der Waals surface area contributed by atoms with Gasteiger partial charge in [-0.05, 0) is 43.9 Å². The van der Waals surface area contributed by atoms with E-state index in [1.54, 1.807) is 12.4 Å². The van der Waals surface area contributed by atoms with Crippen LogP contribution < -0.4 is 0 Å². The summed E-state index contributed by atoms with van der Waals surface area (Å²) in [5, 5.41) is 1.10. The Hall–Kier alpha value is -1.78. The first-order valence-electron chi connectivity index (χ1n) is 7.72. The van der Waals surface area contributed by atoms with Crippen molar-refractivity contribution in [3.63, 3.8) is 0 Å². The second kappa shape index (κ2) is 6.02. The molecule has 4 nitrogen and oxygen atoms in total. The van der Waals surface area contributed by atoms with Crippen LogP contribution in [0.4, 0.5) is 0 Å². The van der Waals surface area contributed by atoms with Gasteiger partial charge in [0.2, 0.25) is 0 Å². The van der Waals surface area contributed by atoms with Crippen LogP contribution >= 0.6 is 23.2 Å². The Kier molecular flexibility index (Phi) is 3.87. The summed E-state index contributed by atoms with van der Waals surface area (Å²) in [6, 6.07) is 5.57. The van der Waals surface area contributed by atoms with E-state index in [0.717, 1.165) is 30.8 Å². The van der Waals surface area contributed by atoms with Crippen LogP contribution in [0, 0.1) is 0 Å². The van der Waals surface area contributed by atoms with Crippen molar-refractivity contribution >= 4 is 23.2 Å². The van der Waals surface area contributed by atoms with Crippen LogP contribution in [-0.4, -0.2) is 19.1 Å². The Labute approximate surface area is 144 Å². The number of aryl methyl sites for hydroxylation is 1. The number of aromatic nitrogens is 4. The summed E-state index contributed by atoms with van der Waals surface area (Å²) < 4.78 is 4.18. The molecule has 6 heteroatoms. The average molecular weight is 347 g/mol. The molecule has 2 aromatic heterocycles. The van der Waals surface area contributed by atoms with Crippen LogP contribution in [0.5, 0.6) is 0 Å². The quantitative estimate of drug-likeness (QED) is 0.708. The summed E-state index contributed by atoms with van der Waals surface area (Å²) in [6.07, 6.45) is 10.5. The highest BCUT2D eigenvalue weighted by Gasteiger charge is 2.15. The lowest BCUT2D eigenvalue weighted by atomic mass is 10.0. The van der Waals surface area contributed by atoms with Crippen LogP contribution in [0.25, 0.3) is 5.69 Å². The summed E-state index contributed by atoms with van der Waals surface area (Å²) in [5.41, 5.74) is 4.56. The first-order valence-corrected chi connectivity index (χ1v) is 8.47. The molecule has 1 aliphatic rings. The number of rotatable bonds is 3. The molecule has 2 heterocycles. The molecule has 0 spiro atoms. The number of hydrogen-bond acceptors (Lipinski definition) is 2. The minimum Gasteiger partial charge on any atom is -0.328 e. The molecular weight excluding hydrogens is 331 g/mol. The van der Waals surface area contributed by atoms with Crippen molar-refractivity contribution in [3.05, 3.63) is 64.2 Å². The number of benzene rings is 1. The predicted molar refractivity (Wildman–Crippen MR) is 91.6 cm³/mol. The van der Waals surface area contributed by atoms with Gasteiger partial charge >= 0.3 is 0 Å². The van der Waals surface area contributed by atoms with Gasteiger partial charge in [0.1, 0.15) is 0 Å². The van der Waals surface area contributed by atoms with E-state index in [9.17, 15) is 0 Å². The second-order valence-corrected chi connectivity index (χ2v) is 6.66. The van der Waals surface area contributed by atoms with Gasteiger partial charge in [-0.3, -0.25) is 0 Å². The molecule has 0 saturated carbocycles. The topological polar surface area (TPSA) is 35.6 Å². The van der Waals surface area contributed by atoms with Gasteiger partial charge in [-0.1, -0.05) is 23.2 Å². The largest absolute Gasteiger partial charge is 0.328 e. The van der Waals surface area contributed by atoms with Crippen molar-refractivity contribution in [3.8, 4) is 5.69 Å². The maximum absolute atomic E-state index is 6.09. The van der Waals surface area contributed by atoms with Crippen molar-refractivity contribution in [1.82, 2.24) is 19.1 Å². The Bertz CT molecular complexity index is 850. The summed E-state index contributed by atoms with van der Waals surface area (Å²) in [4.78, 5) is 9.04. The van der Waals surface area contributed by atoms with Gasteiger partial charge in [-0.15, -0.1) is 0 Å². The number of hydrogen-bond donors (Lipinski definition) is 0. The molecule has 0 N–H and O–H groups in total. The van der Waals surface area contributed by atoms with Crippen LogP contribution in [0.1, 0.15) is 29.9 Å². The second-order valence-electron chi connectivity index (χ2n) is 5.84. The number of nitrogens with zero attached hydrogens (tertiary/aromatic N) is 4. The molecule has 4 rings (SSSR count). The van der Waals surface area contributed by atoms with Gasteiger partial charge in [0.25, 0.3) is 0 Å². The van der Waals surface area contributed by atoms with E-state index in [1.165, 1.54) is 24.2 Å². The molecule has 0 amide bonds. The van der Waals surface area contributed by atoms with E-state index < -0.39 is 0 Å². The van der Waals surface area contributed by atoms with Crippen LogP contribution in [0.15, 0.2) is 37.1 Å². The number of imidazole rings is 2. The van der Waals surface area contributed by atoms with Crippen LogP contribution in [0.2, 0.25) is 10.0 Å². The van der Waals surface area contributed by atoms with Crippen molar-refractivity contribution < 1.29 is 0 Å². The van der Waals surface area contributed by atoms with E-state index >= 15 is 0 Å². The third kappa shape index (κ3) is 2.89. The number of halogens is 2. The van der Waals surface area contributed by atoms with Gasteiger partial charge in [0, 0.05) is 17.6 Å². The smallest absolute Gasteiger partial charge is 0.0996 e. The van der Waals surface area contributed by atoms with E-state index in [4.69, 9.17) is 23.2 Å². The third-order valence-corrected chi connectivity index (χ3v) is 5.02. The van der Waals surface area contributed by atoms with Crippen molar-refractivity contribution in [2.75, 3.05) is 0 Å². The van der Waals surface area contributed by atoms with E-state index in [2.05, 4.69) is 14.5 Å². The molecule has 1 aromatic carbocycles. The zero-order chi connectivity index (χ0) is 15.8. The zero-order valence-electron chi connectivity index (χ0n) is 12.5. The third-order valence-electron chi connectivity index (χ3n) is 4.28. The normalized spacial score (nSPS) is 14.0. The first kappa shape index (κ1) is 14.8. The summed E-state index contributed by atoms with van der Waals surface area (Å²) in [5.74, 6) is 0. The summed E-state index contributed by atoms with van der Waals surface area (Å²) in [7, 11) is 0. The highest BCUT2D eigenvalue weighted by molar-refractivity contribution is 6.42. The Morgan fingerprint density at radius 2 is 1.87 bits per heavy atom. The Morgan fingerprint density at radius 1 is 1.00 bits per heavy atom. The Balaban J connectivity index is 1.58. The zero-order valence-corrected chi connectivity index (χ0v) is 14.1. The lowest BCUT2D eigenvalue weighted by Crippen LogP contribution is -2.09. The van der Waals surface area contributed by atoms with Crippen molar-refractivity contribution in [2.24, 2.45) is 0 Å². The molecule has 0 bridgehead atoms. The maximum atomic E-state index is 6.09. The monoisotopic (exact) mass is 346 g/mol. The SMILES string of the molecule is Clc1ccc(-n2cnc(Cn3cnc4c3CCCC4)c2)cc1Cl. The molecule has 23 heavy (non-hydrogen) atoms. The summed E-state index contributed by atoms with van der Waals surface area (Å²) in [6.45, 7) is 0.747. The predicted octanol–water partition coefficient (Wildman–Crippen LogP) is 4.30. The fourth-order valence-electron chi connectivity index (χ4n) is 3.07. The molecule has 3 aromatic rings. The molecule has 0 saturated heterocycles. The lowest BCUT2D eigenvalue weighted by molar-refractivity contribution is 0.625. The lowest BCUT2D eigenvalue weighted by Gasteiger charge is -2.13. The van der Waals surface area contributed by atoms with E-state index in [1.807, 2.05) is 29.2 Å². The van der Waals surface area contributed by atoms with Crippen molar-refractivity contribution in [1.29, 1.82) is 0 Å². The molecule has 118 valence electrons. The van der Waals surface area contributed by atoms with Gasteiger partial charge in [0.05, 0.1) is 40.6 Å².